The van der Waals surface area contributed by atoms with Crippen LogP contribution in [0.3, 0.4) is 0 Å². The van der Waals surface area contributed by atoms with Crippen LogP contribution in [0.25, 0.3) is 0 Å². The van der Waals surface area contributed by atoms with Crippen LogP contribution in [-0.2, 0) is 42.2 Å². The van der Waals surface area contributed by atoms with E-state index in [1.54, 1.807) is 0 Å². The minimum Gasteiger partial charge on any atom is -0.462 e. The van der Waals surface area contributed by atoms with Gasteiger partial charge in [0.15, 0.2) is 6.10 Å². The first-order valence-corrected chi connectivity index (χ1v) is 29.7. The Balaban J connectivity index is 4.75. The number of phosphoric acid groups is 1. The van der Waals surface area contributed by atoms with Crippen molar-refractivity contribution in [2.24, 2.45) is 0 Å². The first-order valence-electron chi connectivity index (χ1n) is 28.2. The van der Waals surface area contributed by atoms with Gasteiger partial charge in [0.25, 0.3) is 0 Å². The molecular weight excluding hydrogens is 904 g/mol. The molecule has 0 aromatic rings. The number of hydrogen-bond acceptors (Lipinski definition) is 10. The highest BCUT2D eigenvalue weighted by atomic mass is 31.2. The highest BCUT2D eigenvalue weighted by molar-refractivity contribution is 7.47. The molecule has 0 heterocycles. The molecule has 3 atom stereocenters. The molecule has 3 unspecified atom stereocenters. The quantitative estimate of drug-likeness (QED) is 0.0197. The summed E-state index contributed by atoms with van der Waals surface area (Å²) in [5.74, 6) is -1.48. The van der Waals surface area contributed by atoms with Gasteiger partial charge >= 0.3 is 25.7 Å². The van der Waals surface area contributed by atoms with Crippen LogP contribution >= 0.6 is 7.82 Å². The summed E-state index contributed by atoms with van der Waals surface area (Å²) < 4.78 is 39.4. The molecule has 0 bridgehead atoms. The number of carbonyl (C=O) groups excluding carboxylic acids is 3. The first kappa shape index (κ1) is 67.2. The molecular formula is C58H103O11P. The predicted molar refractivity (Wildman–Crippen MR) is 288 cm³/mol. The minimum absolute atomic E-state index is 0.150. The van der Waals surface area contributed by atoms with Gasteiger partial charge in [-0.05, 0) is 83.5 Å². The van der Waals surface area contributed by atoms with Crippen molar-refractivity contribution in [2.45, 2.75) is 264 Å². The summed E-state index contributed by atoms with van der Waals surface area (Å²) in [6, 6.07) is 0. The molecule has 11 nitrogen and oxygen atoms in total. The molecule has 0 rings (SSSR count). The van der Waals surface area contributed by atoms with E-state index in [4.69, 9.17) is 23.3 Å². The second-order valence-corrected chi connectivity index (χ2v) is 20.2. The summed E-state index contributed by atoms with van der Waals surface area (Å²) in [7, 11) is -4.75. The lowest BCUT2D eigenvalue weighted by atomic mass is 10.1. The first-order chi connectivity index (χ1) is 34.2. The fraction of sp³-hybridized carbons (Fsp3) is 0.776. The van der Waals surface area contributed by atoms with Crippen molar-refractivity contribution < 1.29 is 52.2 Å². The molecule has 0 aliphatic rings. The number of aliphatic hydroxyl groups is 1. The second-order valence-electron chi connectivity index (χ2n) is 18.7. The molecule has 0 aromatic carbocycles. The van der Waals surface area contributed by atoms with Crippen molar-refractivity contribution in [2.75, 3.05) is 26.4 Å². The summed E-state index contributed by atoms with van der Waals surface area (Å²) in [4.78, 5) is 48.4. The third-order valence-electron chi connectivity index (χ3n) is 11.9. The van der Waals surface area contributed by atoms with Gasteiger partial charge in [0.05, 0.1) is 19.8 Å². The van der Waals surface area contributed by atoms with Gasteiger partial charge < -0.3 is 24.2 Å². The Morgan fingerprint density at radius 3 is 1.17 bits per heavy atom. The standard InChI is InChI=1S/C58H103O11P/c1-4-7-10-13-16-19-22-24-25-26-27-28-29-31-34-37-40-43-46-49-58(62)69-55(51-65-56(60)47-44-41-38-35-33-30-23-20-17-14-11-8-5-2)53-67-70(63,64)66-52-54(50-59)68-57(61)48-45-42-39-36-32-21-18-15-12-9-6-3/h7,10,16,19-20,23-25,27-28,54-55,59H,4-6,8-9,11-15,17-18,21-22,26,29-53H2,1-3H3,(H,63,64)/b10-7-,19-16-,23-20-,25-24-,28-27-. The Bertz CT molecular complexity index is 1410. The Morgan fingerprint density at radius 2 is 0.743 bits per heavy atom. The highest BCUT2D eigenvalue weighted by Gasteiger charge is 2.28. The maximum Gasteiger partial charge on any atom is 0.472 e. The number of unbranched alkanes of at least 4 members (excludes halogenated alkanes) is 25. The molecule has 0 fully saturated rings. The second kappa shape index (κ2) is 52.5. The van der Waals surface area contributed by atoms with Gasteiger partial charge in [-0.2, -0.15) is 0 Å². The number of ether oxygens (including phenoxy) is 3. The molecule has 406 valence electrons. The summed E-state index contributed by atoms with van der Waals surface area (Å²) in [6.07, 6.45) is 56.1. The average Bonchev–Trinajstić information content (AvgIpc) is 3.35. The molecule has 0 saturated heterocycles. The SMILES string of the molecule is CC/C=C\C/C=C\C/C=C\C/C=C\CCCCCCCCC(=O)OC(COC(=O)CCCCCCC/C=C\CCCCCC)COP(=O)(O)OCC(CO)OC(=O)CCCCCCCCCCCCC. The number of phosphoric ester groups is 1. The van der Waals surface area contributed by atoms with Gasteiger partial charge in [-0.1, -0.05) is 210 Å². The maximum absolute atomic E-state index is 12.9. The Morgan fingerprint density at radius 1 is 0.414 bits per heavy atom. The number of esters is 3. The van der Waals surface area contributed by atoms with E-state index in [0.29, 0.717) is 19.3 Å². The summed E-state index contributed by atoms with van der Waals surface area (Å²) in [6.45, 7) is 4.49. The van der Waals surface area contributed by atoms with Crippen molar-refractivity contribution in [1.82, 2.24) is 0 Å². The summed E-state index contributed by atoms with van der Waals surface area (Å²) in [5.41, 5.74) is 0. The molecule has 0 amide bonds. The zero-order valence-electron chi connectivity index (χ0n) is 44.7. The number of allylic oxidation sites excluding steroid dienone is 10. The number of rotatable bonds is 52. The molecule has 0 aliphatic carbocycles. The lowest BCUT2D eigenvalue weighted by Crippen LogP contribution is -2.30. The Labute approximate surface area is 427 Å². The van der Waals surface area contributed by atoms with Gasteiger partial charge in [-0.25, -0.2) is 4.57 Å². The van der Waals surface area contributed by atoms with Crippen LogP contribution < -0.4 is 0 Å². The van der Waals surface area contributed by atoms with E-state index in [0.717, 1.165) is 122 Å². The molecule has 12 heteroatoms. The van der Waals surface area contributed by atoms with Crippen LogP contribution in [0.1, 0.15) is 252 Å². The van der Waals surface area contributed by atoms with Crippen LogP contribution in [0.15, 0.2) is 60.8 Å². The van der Waals surface area contributed by atoms with E-state index in [2.05, 4.69) is 81.5 Å². The van der Waals surface area contributed by atoms with Crippen molar-refractivity contribution in [3.05, 3.63) is 60.8 Å². The zero-order chi connectivity index (χ0) is 51.3. The van der Waals surface area contributed by atoms with Gasteiger partial charge in [-0.3, -0.25) is 23.4 Å². The van der Waals surface area contributed by atoms with Gasteiger partial charge in [0, 0.05) is 19.3 Å². The fourth-order valence-corrected chi connectivity index (χ4v) is 8.42. The smallest absolute Gasteiger partial charge is 0.462 e. The molecule has 0 aromatic heterocycles. The maximum atomic E-state index is 12.9. The van der Waals surface area contributed by atoms with Crippen molar-refractivity contribution in [3.8, 4) is 0 Å². The monoisotopic (exact) mass is 1010 g/mol. The Hall–Kier alpha value is -2.82. The summed E-state index contributed by atoms with van der Waals surface area (Å²) in [5, 5.41) is 9.78. The highest BCUT2D eigenvalue weighted by Crippen LogP contribution is 2.43. The van der Waals surface area contributed by atoms with E-state index in [9.17, 15) is 28.9 Å². The van der Waals surface area contributed by atoms with E-state index < -0.39 is 57.8 Å². The van der Waals surface area contributed by atoms with Crippen LogP contribution in [-0.4, -0.2) is 66.5 Å². The molecule has 70 heavy (non-hydrogen) atoms. The lowest BCUT2D eigenvalue weighted by Gasteiger charge is -2.21. The van der Waals surface area contributed by atoms with Crippen LogP contribution in [0.4, 0.5) is 0 Å². The summed E-state index contributed by atoms with van der Waals surface area (Å²) >= 11 is 0. The fourth-order valence-electron chi connectivity index (χ4n) is 7.64. The third-order valence-corrected chi connectivity index (χ3v) is 12.9. The van der Waals surface area contributed by atoms with E-state index in [-0.39, 0.29) is 25.9 Å². The third kappa shape index (κ3) is 50.1. The largest absolute Gasteiger partial charge is 0.472 e. The van der Waals surface area contributed by atoms with Gasteiger partial charge in [0.2, 0.25) is 0 Å². The van der Waals surface area contributed by atoms with Crippen molar-refractivity contribution in [3.63, 3.8) is 0 Å². The normalized spacial score (nSPS) is 13.8. The van der Waals surface area contributed by atoms with Crippen LogP contribution in [0.2, 0.25) is 0 Å². The lowest BCUT2D eigenvalue weighted by molar-refractivity contribution is -0.161. The van der Waals surface area contributed by atoms with Gasteiger partial charge in [0.1, 0.15) is 12.7 Å². The number of hydrogen-bond donors (Lipinski definition) is 2. The molecule has 0 spiro atoms. The molecule has 2 N–H and O–H groups in total. The topological polar surface area (TPSA) is 155 Å². The Kier molecular flexibility index (Phi) is 50.4. The van der Waals surface area contributed by atoms with Gasteiger partial charge in [-0.15, -0.1) is 0 Å². The van der Waals surface area contributed by atoms with Crippen molar-refractivity contribution >= 4 is 25.7 Å². The van der Waals surface area contributed by atoms with E-state index in [1.165, 1.54) is 70.6 Å². The molecule has 0 saturated carbocycles. The average molecular weight is 1010 g/mol. The van der Waals surface area contributed by atoms with Crippen LogP contribution in [0, 0.1) is 0 Å². The predicted octanol–water partition coefficient (Wildman–Crippen LogP) is 16.4. The number of aliphatic hydroxyl groups excluding tert-OH is 1. The van der Waals surface area contributed by atoms with E-state index >= 15 is 0 Å². The number of carbonyl (C=O) groups is 3. The minimum atomic E-state index is -4.75. The van der Waals surface area contributed by atoms with E-state index in [1.807, 2.05) is 0 Å². The van der Waals surface area contributed by atoms with Crippen LogP contribution in [0.5, 0.6) is 0 Å². The molecule has 0 aliphatic heterocycles. The molecule has 0 radical (unpaired) electrons. The zero-order valence-corrected chi connectivity index (χ0v) is 45.6. The van der Waals surface area contributed by atoms with Crippen molar-refractivity contribution in [1.29, 1.82) is 0 Å².